The number of rotatable bonds is 7. The van der Waals surface area contributed by atoms with Crippen molar-refractivity contribution in [3.05, 3.63) is 29.0 Å². The second-order valence-corrected chi connectivity index (χ2v) is 7.05. The van der Waals surface area contributed by atoms with E-state index in [1.807, 2.05) is 0 Å². The SMILES string of the molecule is O=C(CN(C[C@H]1CCCO1)C[C@@H]1CCCO1)Nc1ccc(F)c(Cl)c1. The molecule has 1 aromatic carbocycles. The van der Waals surface area contributed by atoms with Gasteiger partial charge in [-0.2, -0.15) is 0 Å². The van der Waals surface area contributed by atoms with Gasteiger partial charge in [0.2, 0.25) is 5.91 Å². The Bertz CT molecular complexity index is 572. The largest absolute Gasteiger partial charge is 0.377 e. The van der Waals surface area contributed by atoms with Crippen LogP contribution >= 0.6 is 11.6 Å². The number of anilines is 1. The van der Waals surface area contributed by atoms with Crippen molar-refractivity contribution in [2.24, 2.45) is 0 Å². The third-order valence-corrected chi connectivity index (χ3v) is 4.83. The van der Waals surface area contributed by atoms with Crippen LogP contribution in [0.25, 0.3) is 0 Å². The Kier molecular flexibility index (Phi) is 6.64. The minimum atomic E-state index is -0.502. The van der Waals surface area contributed by atoms with Gasteiger partial charge in [-0.3, -0.25) is 9.69 Å². The van der Waals surface area contributed by atoms with Crippen LogP contribution in [0.1, 0.15) is 25.7 Å². The summed E-state index contributed by atoms with van der Waals surface area (Å²) in [7, 11) is 0. The number of benzene rings is 1. The third kappa shape index (κ3) is 5.64. The van der Waals surface area contributed by atoms with Crippen LogP contribution in [0.5, 0.6) is 0 Å². The average molecular weight is 371 g/mol. The molecule has 0 unspecified atom stereocenters. The molecule has 0 bridgehead atoms. The Morgan fingerprint density at radius 3 is 2.36 bits per heavy atom. The molecule has 2 aliphatic rings. The smallest absolute Gasteiger partial charge is 0.238 e. The van der Waals surface area contributed by atoms with Crippen LogP contribution in [0.4, 0.5) is 10.1 Å². The Balaban J connectivity index is 1.56. The summed E-state index contributed by atoms with van der Waals surface area (Å²) in [5.41, 5.74) is 0.491. The summed E-state index contributed by atoms with van der Waals surface area (Å²) >= 11 is 5.76. The molecule has 2 atom stereocenters. The van der Waals surface area contributed by atoms with E-state index < -0.39 is 5.82 Å². The van der Waals surface area contributed by atoms with E-state index >= 15 is 0 Å². The maximum Gasteiger partial charge on any atom is 0.238 e. The second kappa shape index (κ2) is 8.94. The molecule has 138 valence electrons. The van der Waals surface area contributed by atoms with Crippen LogP contribution in [0.15, 0.2) is 18.2 Å². The Labute approximate surface area is 152 Å². The number of hydrogen-bond acceptors (Lipinski definition) is 4. The monoisotopic (exact) mass is 370 g/mol. The van der Waals surface area contributed by atoms with Crippen molar-refractivity contribution in [3.8, 4) is 0 Å². The predicted molar refractivity (Wildman–Crippen MR) is 94.4 cm³/mol. The summed E-state index contributed by atoms with van der Waals surface area (Å²) in [6.45, 7) is 3.26. The predicted octanol–water partition coefficient (Wildman–Crippen LogP) is 3.08. The molecule has 1 amide bonds. The number of amides is 1. The van der Waals surface area contributed by atoms with Crippen LogP contribution < -0.4 is 5.32 Å². The lowest BCUT2D eigenvalue weighted by molar-refractivity contribution is -0.118. The number of nitrogens with zero attached hydrogens (tertiary/aromatic N) is 1. The van der Waals surface area contributed by atoms with Crippen LogP contribution in [-0.4, -0.2) is 55.9 Å². The van der Waals surface area contributed by atoms with Gasteiger partial charge in [0.15, 0.2) is 0 Å². The zero-order chi connectivity index (χ0) is 17.6. The first-order valence-electron chi connectivity index (χ1n) is 8.80. The minimum Gasteiger partial charge on any atom is -0.377 e. The molecule has 3 rings (SSSR count). The highest BCUT2D eigenvalue weighted by molar-refractivity contribution is 6.31. The number of carbonyl (C=O) groups excluding carboxylic acids is 1. The molecule has 2 saturated heterocycles. The molecule has 7 heteroatoms. The van der Waals surface area contributed by atoms with Crippen molar-refractivity contribution in [2.45, 2.75) is 37.9 Å². The van der Waals surface area contributed by atoms with Gasteiger partial charge in [0, 0.05) is 32.0 Å². The molecule has 0 radical (unpaired) electrons. The van der Waals surface area contributed by atoms with Gasteiger partial charge >= 0.3 is 0 Å². The van der Waals surface area contributed by atoms with Gasteiger partial charge in [-0.15, -0.1) is 0 Å². The quantitative estimate of drug-likeness (QED) is 0.801. The Hall–Kier alpha value is -1.21. The number of halogens is 2. The van der Waals surface area contributed by atoms with Crippen LogP contribution in [-0.2, 0) is 14.3 Å². The van der Waals surface area contributed by atoms with Crippen molar-refractivity contribution in [1.82, 2.24) is 4.90 Å². The van der Waals surface area contributed by atoms with Crippen molar-refractivity contribution in [3.63, 3.8) is 0 Å². The fourth-order valence-electron chi connectivity index (χ4n) is 3.33. The first kappa shape index (κ1) is 18.6. The first-order valence-corrected chi connectivity index (χ1v) is 9.18. The van der Waals surface area contributed by atoms with Gasteiger partial charge < -0.3 is 14.8 Å². The molecule has 1 N–H and O–H groups in total. The van der Waals surface area contributed by atoms with Gasteiger partial charge in [-0.25, -0.2) is 4.39 Å². The highest BCUT2D eigenvalue weighted by Gasteiger charge is 2.25. The molecule has 0 saturated carbocycles. The van der Waals surface area contributed by atoms with E-state index in [0.29, 0.717) is 5.69 Å². The van der Waals surface area contributed by atoms with Crippen molar-refractivity contribution < 1.29 is 18.7 Å². The van der Waals surface area contributed by atoms with Gasteiger partial charge in [-0.05, 0) is 43.9 Å². The van der Waals surface area contributed by atoms with Crippen molar-refractivity contribution >= 4 is 23.2 Å². The molecular weight excluding hydrogens is 347 g/mol. The zero-order valence-corrected chi connectivity index (χ0v) is 14.9. The van der Waals surface area contributed by atoms with Gasteiger partial charge in [0.05, 0.1) is 23.8 Å². The molecule has 25 heavy (non-hydrogen) atoms. The second-order valence-electron chi connectivity index (χ2n) is 6.64. The van der Waals surface area contributed by atoms with Crippen molar-refractivity contribution in [1.29, 1.82) is 0 Å². The van der Waals surface area contributed by atoms with Gasteiger partial charge in [-0.1, -0.05) is 11.6 Å². The van der Waals surface area contributed by atoms with Gasteiger partial charge in [0.1, 0.15) is 5.82 Å². The van der Waals surface area contributed by atoms with E-state index in [1.165, 1.54) is 18.2 Å². The standard InChI is InChI=1S/C18H24ClFN2O3/c19-16-9-13(5-6-17(16)20)21-18(23)12-22(10-14-3-1-7-24-14)11-15-4-2-8-25-15/h5-6,9,14-15H,1-4,7-8,10-12H2,(H,21,23)/t14-,15+. The number of nitrogens with one attached hydrogen (secondary N) is 1. The summed E-state index contributed by atoms with van der Waals surface area (Å²) < 4.78 is 24.6. The Morgan fingerprint density at radius 2 is 1.84 bits per heavy atom. The highest BCUT2D eigenvalue weighted by atomic mass is 35.5. The van der Waals surface area contributed by atoms with E-state index in [9.17, 15) is 9.18 Å². The molecule has 5 nitrogen and oxygen atoms in total. The summed E-state index contributed by atoms with van der Waals surface area (Å²) in [5, 5.41) is 2.77. The minimum absolute atomic E-state index is 0.00614. The lowest BCUT2D eigenvalue weighted by Crippen LogP contribution is -2.42. The third-order valence-electron chi connectivity index (χ3n) is 4.54. The fraction of sp³-hybridized carbons (Fsp3) is 0.611. The maximum absolute atomic E-state index is 13.2. The van der Waals surface area contributed by atoms with Gasteiger partial charge in [0.25, 0.3) is 0 Å². The van der Waals surface area contributed by atoms with E-state index in [-0.39, 0.29) is 29.7 Å². The van der Waals surface area contributed by atoms with E-state index in [2.05, 4.69) is 10.2 Å². The van der Waals surface area contributed by atoms with E-state index in [1.54, 1.807) is 0 Å². The van der Waals surface area contributed by atoms with Crippen LogP contribution in [0.2, 0.25) is 5.02 Å². The molecule has 2 heterocycles. The van der Waals surface area contributed by atoms with Crippen LogP contribution in [0.3, 0.4) is 0 Å². The summed E-state index contributed by atoms with van der Waals surface area (Å²) in [6, 6.07) is 4.16. The maximum atomic E-state index is 13.2. The molecule has 0 spiro atoms. The molecule has 0 aliphatic carbocycles. The number of carbonyl (C=O) groups is 1. The molecule has 1 aromatic rings. The van der Waals surface area contributed by atoms with E-state index in [4.69, 9.17) is 21.1 Å². The van der Waals surface area contributed by atoms with Crippen LogP contribution in [0, 0.1) is 5.82 Å². The normalized spacial score (nSPS) is 23.3. The molecule has 0 aromatic heterocycles. The Morgan fingerprint density at radius 1 is 1.20 bits per heavy atom. The topological polar surface area (TPSA) is 50.8 Å². The first-order chi connectivity index (χ1) is 12.1. The van der Waals surface area contributed by atoms with Crippen molar-refractivity contribution in [2.75, 3.05) is 38.2 Å². The lowest BCUT2D eigenvalue weighted by atomic mass is 10.2. The highest BCUT2D eigenvalue weighted by Crippen LogP contribution is 2.20. The lowest BCUT2D eigenvalue weighted by Gasteiger charge is -2.27. The van der Waals surface area contributed by atoms with E-state index in [0.717, 1.165) is 52.0 Å². The number of hydrogen-bond donors (Lipinski definition) is 1. The zero-order valence-electron chi connectivity index (χ0n) is 14.2. The molecular formula is C18H24ClFN2O3. The summed E-state index contributed by atoms with van der Waals surface area (Å²) in [6.07, 6.45) is 4.54. The molecule has 2 fully saturated rings. The number of ether oxygens (including phenoxy) is 2. The fourth-order valence-corrected chi connectivity index (χ4v) is 3.51. The molecule has 2 aliphatic heterocycles. The average Bonchev–Trinajstić information content (AvgIpc) is 3.25. The summed E-state index contributed by atoms with van der Waals surface area (Å²) in [5.74, 6) is -0.656. The summed E-state index contributed by atoms with van der Waals surface area (Å²) in [4.78, 5) is 14.5.